The van der Waals surface area contributed by atoms with Crippen molar-refractivity contribution in [3.05, 3.63) is 63.4 Å². The van der Waals surface area contributed by atoms with Crippen molar-refractivity contribution in [3.63, 3.8) is 0 Å². The third-order valence-electron chi connectivity index (χ3n) is 3.80. The van der Waals surface area contributed by atoms with Gasteiger partial charge in [-0.3, -0.25) is 4.79 Å². The standard InChI is InChI=1S/C18H16Cl2FNO5S/c1-22(9-13-14(19)4-3-5-16(13)21)17(23)10-27-18(24)12-8-11(28(2,25)26)6-7-15(12)20/h3-8H,9-10H2,1-2H3. The van der Waals surface area contributed by atoms with Crippen LogP contribution in [0.2, 0.25) is 10.0 Å². The molecule has 0 saturated heterocycles. The summed E-state index contributed by atoms with van der Waals surface area (Å²) in [6.45, 7) is -0.757. The van der Waals surface area contributed by atoms with Crippen LogP contribution < -0.4 is 0 Å². The Morgan fingerprint density at radius 2 is 1.82 bits per heavy atom. The number of nitrogens with zero attached hydrogens (tertiary/aromatic N) is 1. The number of benzene rings is 2. The number of hydrogen-bond donors (Lipinski definition) is 0. The molecule has 0 spiro atoms. The maximum absolute atomic E-state index is 13.8. The molecule has 0 aliphatic rings. The summed E-state index contributed by atoms with van der Waals surface area (Å²) in [7, 11) is -2.15. The van der Waals surface area contributed by atoms with E-state index >= 15 is 0 Å². The summed E-state index contributed by atoms with van der Waals surface area (Å²) in [5, 5.41) is 0.150. The normalized spacial score (nSPS) is 11.2. The number of hydrogen-bond acceptors (Lipinski definition) is 5. The molecule has 0 aromatic heterocycles. The van der Waals surface area contributed by atoms with Gasteiger partial charge in [-0.25, -0.2) is 17.6 Å². The minimum absolute atomic E-state index is 0.0173. The molecule has 0 radical (unpaired) electrons. The molecule has 28 heavy (non-hydrogen) atoms. The fraction of sp³-hybridized carbons (Fsp3) is 0.222. The van der Waals surface area contributed by atoms with Gasteiger partial charge in [0.2, 0.25) is 0 Å². The second-order valence-corrected chi connectivity index (χ2v) is 8.77. The quantitative estimate of drug-likeness (QED) is 0.634. The maximum Gasteiger partial charge on any atom is 0.340 e. The number of amides is 1. The SMILES string of the molecule is CN(Cc1c(F)cccc1Cl)C(=O)COC(=O)c1cc(S(C)(=O)=O)ccc1Cl. The lowest BCUT2D eigenvalue weighted by atomic mass is 10.2. The summed E-state index contributed by atoms with van der Waals surface area (Å²) in [6.07, 6.45) is 0.984. The van der Waals surface area contributed by atoms with E-state index in [1.165, 1.54) is 37.4 Å². The minimum atomic E-state index is -3.55. The maximum atomic E-state index is 13.8. The van der Waals surface area contributed by atoms with E-state index in [2.05, 4.69) is 0 Å². The van der Waals surface area contributed by atoms with Gasteiger partial charge < -0.3 is 9.64 Å². The third kappa shape index (κ3) is 5.43. The van der Waals surface area contributed by atoms with Crippen LogP contribution in [0.5, 0.6) is 0 Å². The average molecular weight is 448 g/mol. The van der Waals surface area contributed by atoms with Gasteiger partial charge in [0, 0.05) is 30.4 Å². The summed E-state index contributed by atoms with van der Waals surface area (Å²) in [5.74, 6) is -2.13. The van der Waals surface area contributed by atoms with Gasteiger partial charge >= 0.3 is 5.97 Å². The second-order valence-electron chi connectivity index (χ2n) is 5.94. The monoisotopic (exact) mass is 447 g/mol. The predicted octanol–water partition coefficient (Wildman–Crippen LogP) is 3.35. The molecule has 2 aromatic rings. The van der Waals surface area contributed by atoms with Crippen LogP contribution in [-0.2, 0) is 25.9 Å². The van der Waals surface area contributed by atoms with Gasteiger partial charge in [0.1, 0.15) is 5.82 Å². The molecule has 0 saturated carbocycles. The van der Waals surface area contributed by atoms with Crippen molar-refractivity contribution < 1.29 is 27.1 Å². The van der Waals surface area contributed by atoms with E-state index in [-0.39, 0.29) is 32.6 Å². The molecule has 1 amide bonds. The largest absolute Gasteiger partial charge is 0.452 e. The number of halogens is 3. The lowest BCUT2D eigenvalue weighted by Crippen LogP contribution is -2.31. The fourth-order valence-corrected chi connectivity index (χ4v) is 3.28. The molecule has 0 fully saturated rings. The predicted molar refractivity (Wildman–Crippen MR) is 103 cm³/mol. The zero-order valence-electron chi connectivity index (χ0n) is 14.9. The smallest absolute Gasteiger partial charge is 0.340 e. The number of esters is 1. The van der Waals surface area contributed by atoms with Crippen LogP contribution in [0.4, 0.5) is 4.39 Å². The average Bonchev–Trinajstić information content (AvgIpc) is 2.61. The lowest BCUT2D eigenvalue weighted by Gasteiger charge is -2.18. The first kappa shape index (κ1) is 22.1. The van der Waals surface area contributed by atoms with Crippen LogP contribution in [0.15, 0.2) is 41.3 Å². The highest BCUT2D eigenvalue weighted by Crippen LogP contribution is 2.22. The Labute approximate surface area is 171 Å². The summed E-state index contributed by atoms with van der Waals surface area (Å²) >= 11 is 11.8. The highest BCUT2D eigenvalue weighted by atomic mass is 35.5. The van der Waals surface area contributed by atoms with Crippen molar-refractivity contribution in [2.24, 2.45) is 0 Å². The second kappa shape index (κ2) is 8.89. The van der Waals surface area contributed by atoms with Crippen LogP contribution in [-0.4, -0.2) is 45.1 Å². The summed E-state index contributed by atoms with van der Waals surface area (Å²) in [6, 6.07) is 7.74. The van der Waals surface area contributed by atoms with Crippen LogP contribution in [0.3, 0.4) is 0 Å². The minimum Gasteiger partial charge on any atom is -0.452 e. The van der Waals surface area contributed by atoms with Gasteiger partial charge in [-0.15, -0.1) is 0 Å². The molecule has 2 rings (SSSR count). The molecular weight excluding hydrogens is 432 g/mol. The Morgan fingerprint density at radius 3 is 2.43 bits per heavy atom. The number of rotatable bonds is 6. The molecule has 2 aromatic carbocycles. The van der Waals surface area contributed by atoms with E-state index in [0.29, 0.717) is 0 Å². The van der Waals surface area contributed by atoms with Gasteiger partial charge in [0.25, 0.3) is 5.91 Å². The first-order chi connectivity index (χ1) is 13.0. The Kier molecular flexibility index (Phi) is 7.03. The van der Waals surface area contributed by atoms with Crippen molar-refractivity contribution >= 4 is 44.9 Å². The van der Waals surface area contributed by atoms with Crippen molar-refractivity contribution in [1.29, 1.82) is 0 Å². The van der Waals surface area contributed by atoms with Crippen molar-refractivity contribution in [2.45, 2.75) is 11.4 Å². The number of carbonyl (C=O) groups excluding carboxylic acids is 2. The zero-order chi connectivity index (χ0) is 21.1. The summed E-state index contributed by atoms with van der Waals surface area (Å²) in [5.41, 5.74) is -0.0487. The summed E-state index contributed by atoms with van der Waals surface area (Å²) < 4.78 is 41.9. The third-order valence-corrected chi connectivity index (χ3v) is 5.59. The van der Waals surface area contributed by atoms with E-state index in [1.807, 2.05) is 0 Å². The van der Waals surface area contributed by atoms with Crippen molar-refractivity contribution in [1.82, 2.24) is 4.90 Å². The Bertz CT molecular complexity index is 1010. The molecule has 0 atom stereocenters. The molecule has 6 nitrogen and oxygen atoms in total. The fourth-order valence-electron chi connectivity index (χ4n) is 2.22. The van der Waals surface area contributed by atoms with Crippen LogP contribution >= 0.6 is 23.2 Å². The molecule has 0 N–H and O–H groups in total. The summed E-state index contributed by atoms with van der Waals surface area (Å²) in [4.78, 5) is 25.4. The zero-order valence-corrected chi connectivity index (χ0v) is 17.2. The van der Waals surface area contributed by atoms with Crippen LogP contribution in [0.1, 0.15) is 15.9 Å². The van der Waals surface area contributed by atoms with E-state index < -0.39 is 34.1 Å². The van der Waals surface area contributed by atoms with Crippen molar-refractivity contribution in [3.8, 4) is 0 Å². The van der Waals surface area contributed by atoms with E-state index in [0.717, 1.165) is 17.2 Å². The molecule has 0 aliphatic heterocycles. The lowest BCUT2D eigenvalue weighted by molar-refractivity contribution is -0.133. The van der Waals surface area contributed by atoms with Gasteiger partial charge in [-0.05, 0) is 30.3 Å². The molecule has 150 valence electrons. The van der Waals surface area contributed by atoms with Crippen LogP contribution in [0.25, 0.3) is 0 Å². The molecule has 0 aliphatic carbocycles. The molecule has 10 heteroatoms. The Hall–Kier alpha value is -2.16. The molecule has 0 heterocycles. The first-order valence-electron chi connectivity index (χ1n) is 7.84. The molecule has 0 unspecified atom stereocenters. The molecular formula is C18H16Cl2FNO5S. The Balaban J connectivity index is 2.05. The highest BCUT2D eigenvalue weighted by Gasteiger charge is 2.20. The first-order valence-corrected chi connectivity index (χ1v) is 10.5. The van der Waals surface area contributed by atoms with Crippen LogP contribution in [0, 0.1) is 5.82 Å². The topological polar surface area (TPSA) is 80.8 Å². The van der Waals surface area contributed by atoms with Gasteiger partial charge in [0.05, 0.1) is 15.5 Å². The van der Waals surface area contributed by atoms with Gasteiger partial charge in [-0.1, -0.05) is 29.3 Å². The number of likely N-dealkylation sites (N-methyl/N-ethyl adjacent to an activating group) is 1. The van der Waals surface area contributed by atoms with E-state index in [4.69, 9.17) is 27.9 Å². The number of sulfone groups is 1. The number of carbonyl (C=O) groups is 2. The molecule has 0 bridgehead atoms. The van der Waals surface area contributed by atoms with Crippen molar-refractivity contribution in [2.75, 3.05) is 19.9 Å². The van der Waals surface area contributed by atoms with E-state index in [1.54, 1.807) is 0 Å². The van der Waals surface area contributed by atoms with E-state index in [9.17, 15) is 22.4 Å². The number of ether oxygens (including phenoxy) is 1. The van der Waals surface area contributed by atoms with Gasteiger partial charge in [0.15, 0.2) is 16.4 Å². The Morgan fingerprint density at radius 1 is 1.14 bits per heavy atom. The van der Waals surface area contributed by atoms with Gasteiger partial charge in [-0.2, -0.15) is 0 Å². The highest BCUT2D eigenvalue weighted by molar-refractivity contribution is 7.90.